The predicted octanol–water partition coefficient (Wildman–Crippen LogP) is 3.98. The number of nitrogens with one attached hydrogen (secondary N) is 1. The van der Waals surface area contributed by atoms with Crippen LogP contribution in [0.4, 0.5) is 4.39 Å². The molecule has 1 heterocycles. The molecule has 0 unspecified atom stereocenters. The SMILES string of the molecule is Cc1cccc(-c2ncccc2CNS(=O)(=O)c2ccc(F)c(C)c2)c1. The molecule has 0 saturated heterocycles. The molecule has 0 spiro atoms. The molecule has 26 heavy (non-hydrogen) atoms. The zero-order chi connectivity index (χ0) is 18.7. The molecule has 0 saturated carbocycles. The molecule has 3 rings (SSSR count). The molecule has 3 aromatic rings. The smallest absolute Gasteiger partial charge is 0.240 e. The van der Waals surface area contributed by atoms with Gasteiger partial charge in [-0.25, -0.2) is 17.5 Å². The molecule has 2 aromatic carbocycles. The largest absolute Gasteiger partial charge is 0.256 e. The van der Waals surface area contributed by atoms with Gasteiger partial charge in [0.2, 0.25) is 10.0 Å². The lowest BCUT2D eigenvalue weighted by molar-refractivity contribution is 0.579. The highest BCUT2D eigenvalue weighted by atomic mass is 32.2. The van der Waals surface area contributed by atoms with Gasteiger partial charge >= 0.3 is 0 Å². The van der Waals surface area contributed by atoms with E-state index in [1.54, 1.807) is 12.3 Å². The van der Waals surface area contributed by atoms with Crippen LogP contribution in [0, 0.1) is 19.7 Å². The van der Waals surface area contributed by atoms with Crippen molar-refractivity contribution >= 4 is 10.0 Å². The Kier molecular flexibility index (Phi) is 5.15. The number of aryl methyl sites for hydroxylation is 2. The third kappa shape index (κ3) is 3.98. The van der Waals surface area contributed by atoms with Crippen LogP contribution in [0.5, 0.6) is 0 Å². The number of rotatable bonds is 5. The summed E-state index contributed by atoms with van der Waals surface area (Å²) in [6.07, 6.45) is 1.68. The average molecular weight is 370 g/mol. The fraction of sp³-hybridized carbons (Fsp3) is 0.150. The van der Waals surface area contributed by atoms with Crippen LogP contribution in [0.3, 0.4) is 0 Å². The van der Waals surface area contributed by atoms with Gasteiger partial charge in [0.1, 0.15) is 5.82 Å². The van der Waals surface area contributed by atoms with Crippen molar-refractivity contribution in [3.8, 4) is 11.3 Å². The molecule has 4 nitrogen and oxygen atoms in total. The van der Waals surface area contributed by atoms with E-state index in [4.69, 9.17) is 0 Å². The molecular weight excluding hydrogens is 351 g/mol. The van der Waals surface area contributed by atoms with Crippen molar-refractivity contribution in [1.29, 1.82) is 0 Å². The maximum Gasteiger partial charge on any atom is 0.240 e. The van der Waals surface area contributed by atoms with E-state index >= 15 is 0 Å². The van der Waals surface area contributed by atoms with E-state index in [0.717, 1.165) is 28.5 Å². The van der Waals surface area contributed by atoms with E-state index in [0.29, 0.717) is 0 Å². The molecule has 0 aliphatic heterocycles. The molecule has 1 aromatic heterocycles. The zero-order valence-electron chi connectivity index (χ0n) is 14.5. The Morgan fingerprint density at radius 1 is 1.04 bits per heavy atom. The maximum absolute atomic E-state index is 13.4. The first-order chi connectivity index (χ1) is 12.4. The third-order valence-electron chi connectivity index (χ3n) is 4.08. The van der Waals surface area contributed by atoms with Crippen LogP contribution in [-0.2, 0) is 16.6 Å². The van der Waals surface area contributed by atoms with Gasteiger partial charge in [-0.15, -0.1) is 0 Å². The fourth-order valence-electron chi connectivity index (χ4n) is 2.67. The Hall–Kier alpha value is -2.57. The van der Waals surface area contributed by atoms with Crippen LogP contribution in [0.1, 0.15) is 16.7 Å². The van der Waals surface area contributed by atoms with Gasteiger partial charge in [0.05, 0.1) is 10.6 Å². The summed E-state index contributed by atoms with van der Waals surface area (Å²) in [6, 6.07) is 15.2. The Morgan fingerprint density at radius 2 is 1.85 bits per heavy atom. The molecule has 0 bridgehead atoms. The molecule has 0 amide bonds. The summed E-state index contributed by atoms with van der Waals surface area (Å²) in [4.78, 5) is 4.44. The van der Waals surface area contributed by atoms with Crippen LogP contribution in [0.15, 0.2) is 65.7 Å². The Morgan fingerprint density at radius 3 is 2.58 bits per heavy atom. The topological polar surface area (TPSA) is 59.1 Å². The average Bonchev–Trinajstić information content (AvgIpc) is 2.62. The summed E-state index contributed by atoms with van der Waals surface area (Å²) in [6.45, 7) is 3.62. The number of pyridine rings is 1. The zero-order valence-corrected chi connectivity index (χ0v) is 15.3. The second kappa shape index (κ2) is 7.35. The minimum atomic E-state index is -3.75. The van der Waals surface area contributed by atoms with Gasteiger partial charge in [0.15, 0.2) is 0 Å². The van der Waals surface area contributed by atoms with E-state index < -0.39 is 15.8 Å². The first-order valence-electron chi connectivity index (χ1n) is 8.13. The minimum Gasteiger partial charge on any atom is -0.256 e. The van der Waals surface area contributed by atoms with Gasteiger partial charge in [0.25, 0.3) is 0 Å². The van der Waals surface area contributed by atoms with Crippen molar-refractivity contribution in [2.75, 3.05) is 0 Å². The van der Waals surface area contributed by atoms with Crippen LogP contribution < -0.4 is 4.72 Å². The number of halogens is 1. The molecular formula is C20H19FN2O2S. The van der Waals surface area contributed by atoms with E-state index in [1.165, 1.54) is 19.1 Å². The van der Waals surface area contributed by atoms with Crippen LogP contribution in [-0.4, -0.2) is 13.4 Å². The molecule has 0 radical (unpaired) electrons. The maximum atomic E-state index is 13.4. The molecule has 6 heteroatoms. The fourth-order valence-corrected chi connectivity index (χ4v) is 3.77. The van der Waals surface area contributed by atoms with Crippen molar-refractivity contribution in [2.45, 2.75) is 25.3 Å². The van der Waals surface area contributed by atoms with Gasteiger partial charge in [-0.2, -0.15) is 0 Å². The number of hydrogen-bond donors (Lipinski definition) is 1. The van der Waals surface area contributed by atoms with Crippen LogP contribution >= 0.6 is 0 Å². The van der Waals surface area contributed by atoms with Gasteiger partial charge in [-0.05, 0) is 55.3 Å². The van der Waals surface area contributed by atoms with E-state index in [2.05, 4.69) is 9.71 Å². The van der Waals surface area contributed by atoms with Gasteiger partial charge in [-0.3, -0.25) is 4.98 Å². The molecule has 0 fully saturated rings. The van der Waals surface area contributed by atoms with E-state index in [9.17, 15) is 12.8 Å². The first-order valence-corrected chi connectivity index (χ1v) is 9.62. The monoisotopic (exact) mass is 370 g/mol. The normalized spacial score (nSPS) is 11.5. The number of sulfonamides is 1. The Balaban J connectivity index is 1.87. The quantitative estimate of drug-likeness (QED) is 0.739. The molecule has 1 N–H and O–H groups in total. The highest BCUT2D eigenvalue weighted by molar-refractivity contribution is 7.89. The van der Waals surface area contributed by atoms with Crippen molar-refractivity contribution in [2.24, 2.45) is 0 Å². The second-order valence-electron chi connectivity index (χ2n) is 6.12. The Bertz CT molecular complexity index is 1050. The van der Waals surface area contributed by atoms with Gasteiger partial charge in [0, 0.05) is 18.3 Å². The molecule has 0 aliphatic carbocycles. The van der Waals surface area contributed by atoms with Crippen LogP contribution in [0.25, 0.3) is 11.3 Å². The third-order valence-corrected chi connectivity index (χ3v) is 5.47. The van der Waals surface area contributed by atoms with Gasteiger partial charge in [-0.1, -0.05) is 29.8 Å². The highest BCUT2D eigenvalue weighted by Crippen LogP contribution is 2.23. The Labute approximate surface area is 152 Å². The lowest BCUT2D eigenvalue weighted by atomic mass is 10.0. The van der Waals surface area contributed by atoms with Crippen molar-refractivity contribution in [1.82, 2.24) is 9.71 Å². The van der Waals surface area contributed by atoms with E-state index in [-0.39, 0.29) is 17.0 Å². The summed E-state index contributed by atoms with van der Waals surface area (Å²) in [5.74, 6) is -0.432. The van der Waals surface area contributed by atoms with Gasteiger partial charge < -0.3 is 0 Å². The summed E-state index contributed by atoms with van der Waals surface area (Å²) in [7, 11) is -3.75. The molecule has 0 atom stereocenters. The summed E-state index contributed by atoms with van der Waals surface area (Å²) in [5, 5.41) is 0. The minimum absolute atomic E-state index is 0.0393. The number of hydrogen-bond acceptors (Lipinski definition) is 3. The first kappa shape index (κ1) is 18.2. The number of benzene rings is 2. The standard InChI is InChI=1S/C20H19FN2O2S/c1-14-5-3-6-16(11-14)20-17(7-4-10-22-20)13-23-26(24,25)18-8-9-19(21)15(2)12-18/h3-12,23H,13H2,1-2H3. The van der Waals surface area contributed by atoms with Crippen LogP contribution in [0.2, 0.25) is 0 Å². The molecule has 0 aliphatic rings. The number of aromatic nitrogens is 1. The number of nitrogens with zero attached hydrogens (tertiary/aromatic N) is 1. The van der Waals surface area contributed by atoms with Crippen molar-refractivity contribution in [3.63, 3.8) is 0 Å². The van der Waals surface area contributed by atoms with E-state index in [1.807, 2.05) is 37.3 Å². The summed E-state index contributed by atoms with van der Waals surface area (Å²) < 4.78 is 41.0. The second-order valence-corrected chi connectivity index (χ2v) is 7.88. The van der Waals surface area contributed by atoms with Crippen molar-refractivity contribution in [3.05, 3.63) is 83.3 Å². The highest BCUT2D eigenvalue weighted by Gasteiger charge is 2.16. The molecule has 134 valence electrons. The summed E-state index contributed by atoms with van der Waals surface area (Å²) >= 11 is 0. The lowest BCUT2D eigenvalue weighted by Gasteiger charge is -2.11. The summed E-state index contributed by atoms with van der Waals surface area (Å²) in [5.41, 5.74) is 3.81. The van der Waals surface area contributed by atoms with Crippen molar-refractivity contribution < 1.29 is 12.8 Å². The predicted molar refractivity (Wildman–Crippen MR) is 99.6 cm³/mol. The lowest BCUT2D eigenvalue weighted by Crippen LogP contribution is -2.23.